The van der Waals surface area contributed by atoms with E-state index in [0.29, 0.717) is 0 Å². The predicted octanol–water partition coefficient (Wildman–Crippen LogP) is 4.74. The van der Waals surface area contributed by atoms with Crippen LogP contribution in [0.2, 0.25) is 0 Å². The molecule has 2 saturated carbocycles. The summed E-state index contributed by atoms with van der Waals surface area (Å²) in [5, 5.41) is 0. The number of hydrogen-bond acceptors (Lipinski definition) is 0. The minimum atomic E-state index is 0.969. The van der Waals surface area contributed by atoms with E-state index < -0.39 is 0 Å². The Hall–Kier alpha value is 0. The van der Waals surface area contributed by atoms with Crippen LogP contribution >= 0.6 is 0 Å². The second-order valence-corrected chi connectivity index (χ2v) is 6.18. The van der Waals surface area contributed by atoms with Gasteiger partial charge in [0.1, 0.15) is 0 Å². The van der Waals surface area contributed by atoms with E-state index in [4.69, 9.17) is 0 Å². The van der Waals surface area contributed by atoms with E-state index in [-0.39, 0.29) is 0 Å². The first-order valence-corrected chi connectivity index (χ1v) is 7.20. The molecular weight excluding hydrogens is 180 g/mol. The molecule has 6 atom stereocenters. The van der Waals surface area contributed by atoms with Gasteiger partial charge < -0.3 is 0 Å². The van der Waals surface area contributed by atoms with Crippen LogP contribution in [-0.2, 0) is 0 Å². The maximum Gasteiger partial charge on any atom is -0.0323 e. The molecule has 88 valence electrons. The van der Waals surface area contributed by atoms with Crippen LogP contribution in [-0.4, -0.2) is 0 Å². The average molecular weight is 208 g/mol. The molecule has 0 aromatic rings. The van der Waals surface area contributed by atoms with Gasteiger partial charge in [0.05, 0.1) is 0 Å². The third-order valence-electron chi connectivity index (χ3n) is 5.46. The second kappa shape index (κ2) is 4.47. The summed E-state index contributed by atoms with van der Waals surface area (Å²) in [4.78, 5) is 0. The summed E-state index contributed by atoms with van der Waals surface area (Å²) in [5.41, 5.74) is 0. The molecule has 0 heteroatoms. The van der Waals surface area contributed by atoms with Crippen molar-refractivity contribution in [1.29, 1.82) is 0 Å². The Bertz CT molecular complexity index is 208. The van der Waals surface area contributed by atoms with Crippen LogP contribution in [0.25, 0.3) is 0 Å². The van der Waals surface area contributed by atoms with E-state index in [0.717, 1.165) is 35.5 Å². The Morgan fingerprint density at radius 2 is 1.93 bits per heavy atom. The Morgan fingerprint density at radius 3 is 2.40 bits per heavy atom. The summed E-state index contributed by atoms with van der Waals surface area (Å²) in [7, 11) is 0. The number of fused-ring (bicyclic) bond motifs is 1. The van der Waals surface area contributed by atoms with E-state index in [1.807, 2.05) is 0 Å². The standard InChI is InChI=1S/C15H28/c1-5-7-10(3)12(6-2)14-9-8-13-11(4)15(13)14/h10-15H,5-9H2,1-4H3. The van der Waals surface area contributed by atoms with Crippen molar-refractivity contribution in [2.45, 2.75) is 59.8 Å². The molecule has 2 aliphatic rings. The SMILES string of the molecule is CCCC(C)C(CC)C1CCC2C(C)C21. The molecule has 2 rings (SSSR count). The second-order valence-electron chi connectivity index (χ2n) is 6.18. The highest BCUT2D eigenvalue weighted by Gasteiger charge is 2.56. The van der Waals surface area contributed by atoms with Gasteiger partial charge in [-0.05, 0) is 48.3 Å². The molecule has 0 N–H and O–H groups in total. The molecule has 15 heavy (non-hydrogen) atoms. The van der Waals surface area contributed by atoms with Crippen molar-refractivity contribution in [2.75, 3.05) is 0 Å². The van der Waals surface area contributed by atoms with Crippen LogP contribution in [0.4, 0.5) is 0 Å². The fraction of sp³-hybridized carbons (Fsp3) is 1.00. The van der Waals surface area contributed by atoms with Gasteiger partial charge in [0.15, 0.2) is 0 Å². The molecule has 0 saturated heterocycles. The van der Waals surface area contributed by atoms with E-state index in [1.54, 1.807) is 12.8 Å². The minimum Gasteiger partial charge on any atom is -0.0654 e. The molecule has 0 spiro atoms. The Kier molecular flexibility index (Phi) is 3.42. The number of hydrogen-bond donors (Lipinski definition) is 0. The Labute approximate surface area is 95.8 Å². The molecular formula is C15H28. The first kappa shape index (κ1) is 11.5. The van der Waals surface area contributed by atoms with E-state index in [9.17, 15) is 0 Å². The van der Waals surface area contributed by atoms with Gasteiger partial charge in [0, 0.05) is 0 Å². The molecule has 0 radical (unpaired) electrons. The maximum atomic E-state index is 2.50. The highest BCUT2D eigenvalue weighted by atomic mass is 14.6. The van der Waals surface area contributed by atoms with Gasteiger partial charge in [0.2, 0.25) is 0 Å². The summed E-state index contributed by atoms with van der Waals surface area (Å²) in [6.07, 6.45) is 7.33. The van der Waals surface area contributed by atoms with Crippen LogP contribution < -0.4 is 0 Å². The lowest BCUT2D eigenvalue weighted by molar-refractivity contribution is 0.196. The zero-order valence-corrected chi connectivity index (χ0v) is 11.0. The van der Waals surface area contributed by atoms with Crippen LogP contribution in [0.3, 0.4) is 0 Å². The van der Waals surface area contributed by atoms with Crippen LogP contribution in [0.1, 0.15) is 59.8 Å². The first-order chi connectivity index (χ1) is 7.20. The topological polar surface area (TPSA) is 0 Å². The molecule has 0 aliphatic heterocycles. The summed E-state index contributed by atoms with van der Waals surface area (Å²) in [6.45, 7) is 9.73. The van der Waals surface area contributed by atoms with Crippen molar-refractivity contribution in [3.05, 3.63) is 0 Å². The van der Waals surface area contributed by atoms with Crippen molar-refractivity contribution in [3.8, 4) is 0 Å². The molecule has 2 aliphatic carbocycles. The number of rotatable bonds is 5. The zero-order chi connectivity index (χ0) is 11.0. The van der Waals surface area contributed by atoms with Crippen LogP contribution in [0, 0.1) is 35.5 Å². The normalized spacial score (nSPS) is 42.4. The quantitative estimate of drug-likeness (QED) is 0.612. The van der Waals surface area contributed by atoms with E-state index in [2.05, 4.69) is 27.7 Å². The predicted molar refractivity (Wildman–Crippen MR) is 66.7 cm³/mol. The van der Waals surface area contributed by atoms with Crippen molar-refractivity contribution in [2.24, 2.45) is 35.5 Å². The molecule has 0 heterocycles. The third kappa shape index (κ3) is 1.97. The van der Waals surface area contributed by atoms with Gasteiger partial charge in [-0.3, -0.25) is 0 Å². The van der Waals surface area contributed by atoms with Gasteiger partial charge in [-0.2, -0.15) is 0 Å². The molecule has 0 aromatic heterocycles. The van der Waals surface area contributed by atoms with Gasteiger partial charge in [-0.15, -0.1) is 0 Å². The lowest BCUT2D eigenvalue weighted by atomic mass is 9.75. The van der Waals surface area contributed by atoms with Crippen LogP contribution in [0.5, 0.6) is 0 Å². The van der Waals surface area contributed by atoms with Gasteiger partial charge in [-0.25, -0.2) is 0 Å². The van der Waals surface area contributed by atoms with Crippen molar-refractivity contribution in [3.63, 3.8) is 0 Å². The summed E-state index contributed by atoms with van der Waals surface area (Å²) in [6, 6.07) is 0. The van der Waals surface area contributed by atoms with Gasteiger partial charge in [0.25, 0.3) is 0 Å². The van der Waals surface area contributed by atoms with Crippen molar-refractivity contribution >= 4 is 0 Å². The minimum absolute atomic E-state index is 0.969. The highest BCUT2D eigenvalue weighted by Crippen LogP contribution is 2.63. The monoisotopic (exact) mass is 208 g/mol. The molecule has 0 amide bonds. The Morgan fingerprint density at radius 1 is 1.20 bits per heavy atom. The molecule has 6 unspecified atom stereocenters. The molecule has 2 fully saturated rings. The first-order valence-electron chi connectivity index (χ1n) is 7.20. The van der Waals surface area contributed by atoms with Gasteiger partial charge >= 0.3 is 0 Å². The highest BCUT2D eigenvalue weighted by molar-refractivity contribution is 5.05. The summed E-state index contributed by atoms with van der Waals surface area (Å²) < 4.78 is 0. The van der Waals surface area contributed by atoms with Crippen LogP contribution in [0.15, 0.2) is 0 Å². The summed E-state index contributed by atoms with van der Waals surface area (Å²) in [5.74, 6) is 6.44. The Balaban J connectivity index is 1.94. The average Bonchev–Trinajstić information content (AvgIpc) is 2.66. The van der Waals surface area contributed by atoms with E-state index >= 15 is 0 Å². The van der Waals surface area contributed by atoms with E-state index in [1.165, 1.54) is 19.3 Å². The third-order valence-corrected chi connectivity index (χ3v) is 5.46. The summed E-state index contributed by atoms with van der Waals surface area (Å²) >= 11 is 0. The molecule has 0 nitrogen and oxygen atoms in total. The zero-order valence-electron chi connectivity index (χ0n) is 11.0. The van der Waals surface area contributed by atoms with Crippen molar-refractivity contribution < 1.29 is 0 Å². The molecule has 0 bridgehead atoms. The smallest absolute Gasteiger partial charge is 0.0323 e. The lowest BCUT2D eigenvalue weighted by Crippen LogP contribution is -2.22. The fourth-order valence-corrected chi connectivity index (χ4v) is 4.62. The largest absolute Gasteiger partial charge is 0.0654 e. The van der Waals surface area contributed by atoms with Crippen molar-refractivity contribution in [1.82, 2.24) is 0 Å². The van der Waals surface area contributed by atoms with Gasteiger partial charge in [-0.1, -0.05) is 47.0 Å². The molecule has 0 aromatic carbocycles. The fourth-order valence-electron chi connectivity index (χ4n) is 4.62. The lowest BCUT2D eigenvalue weighted by Gasteiger charge is -2.30. The maximum absolute atomic E-state index is 2.50.